The van der Waals surface area contributed by atoms with Crippen molar-refractivity contribution in [3.8, 4) is 11.3 Å². The van der Waals surface area contributed by atoms with Crippen LogP contribution in [-0.2, 0) is 9.47 Å². The number of amides is 3. The summed E-state index contributed by atoms with van der Waals surface area (Å²) >= 11 is 0. The molecule has 45 heavy (non-hydrogen) atoms. The smallest absolute Gasteiger partial charge is 0.323 e. The molecule has 0 saturated carbocycles. The van der Waals surface area contributed by atoms with Gasteiger partial charge in [-0.2, -0.15) is 4.98 Å². The van der Waals surface area contributed by atoms with Crippen molar-refractivity contribution in [3.63, 3.8) is 0 Å². The van der Waals surface area contributed by atoms with Crippen LogP contribution < -0.4 is 20.4 Å². The molecule has 1 aromatic heterocycles. The third-order valence-electron chi connectivity index (χ3n) is 8.64. The van der Waals surface area contributed by atoms with Gasteiger partial charge in [-0.1, -0.05) is 12.1 Å². The molecule has 0 radical (unpaired) electrons. The summed E-state index contributed by atoms with van der Waals surface area (Å²) < 4.78 is 11.1. The number of rotatable bonds is 7. The average molecular weight is 615 g/mol. The maximum absolute atomic E-state index is 13.0. The number of ether oxygens (including phenoxy) is 2. The number of hydrogen-bond acceptors (Lipinski definition) is 9. The van der Waals surface area contributed by atoms with Crippen molar-refractivity contribution in [2.45, 2.75) is 18.9 Å². The van der Waals surface area contributed by atoms with Gasteiger partial charge in [-0.05, 0) is 63.3 Å². The molecule has 3 aliphatic rings. The monoisotopic (exact) mass is 614 g/mol. The summed E-state index contributed by atoms with van der Waals surface area (Å²) in [6.45, 7) is 7.23. The Morgan fingerprint density at radius 2 is 1.31 bits per heavy atom. The van der Waals surface area contributed by atoms with E-state index in [4.69, 9.17) is 19.4 Å². The van der Waals surface area contributed by atoms with Crippen LogP contribution in [0.5, 0.6) is 0 Å². The van der Waals surface area contributed by atoms with Crippen LogP contribution in [0.2, 0.25) is 0 Å². The fourth-order valence-corrected chi connectivity index (χ4v) is 5.91. The number of anilines is 4. The summed E-state index contributed by atoms with van der Waals surface area (Å²) in [5.74, 6) is 1.61. The minimum atomic E-state index is -0.362. The molecule has 12 nitrogen and oxygen atoms in total. The van der Waals surface area contributed by atoms with E-state index >= 15 is 0 Å². The van der Waals surface area contributed by atoms with Gasteiger partial charge in [-0.25, -0.2) is 9.78 Å². The number of aromatic nitrogens is 2. The zero-order valence-corrected chi connectivity index (χ0v) is 26.1. The Morgan fingerprint density at radius 3 is 1.89 bits per heavy atom. The fourth-order valence-electron chi connectivity index (χ4n) is 5.91. The summed E-state index contributed by atoms with van der Waals surface area (Å²) in [5, 5.41) is 5.75. The molecule has 0 bridgehead atoms. The van der Waals surface area contributed by atoms with Crippen LogP contribution in [-0.4, -0.2) is 118 Å². The predicted molar refractivity (Wildman–Crippen MR) is 175 cm³/mol. The third-order valence-corrected chi connectivity index (χ3v) is 8.64. The van der Waals surface area contributed by atoms with Crippen molar-refractivity contribution >= 4 is 35.1 Å². The summed E-state index contributed by atoms with van der Waals surface area (Å²) in [4.78, 5) is 44.1. The zero-order valence-electron chi connectivity index (χ0n) is 26.1. The number of nitrogens with one attached hydrogen (secondary N) is 2. The first-order valence-electron chi connectivity index (χ1n) is 15.7. The molecular formula is C33H42N8O4. The molecule has 238 valence electrons. The Kier molecular flexibility index (Phi) is 9.72. The zero-order chi connectivity index (χ0) is 31.2. The number of carbonyl (C=O) groups excluding carboxylic acids is 2. The Bertz CT molecular complexity index is 1410. The maximum Gasteiger partial charge on any atom is 0.323 e. The molecule has 2 N–H and O–H groups in total. The molecule has 0 atom stereocenters. The lowest BCUT2D eigenvalue weighted by Gasteiger charge is -2.35. The molecule has 3 aliphatic heterocycles. The number of piperidine rings is 1. The van der Waals surface area contributed by atoms with E-state index in [-0.39, 0.29) is 11.9 Å². The molecule has 0 unspecified atom stereocenters. The molecule has 0 spiro atoms. The van der Waals surface area contributed by atoms with Gasteiger partial charge < -0.3 is 39.7 Å². The molecular weight excluding hydrogens is 572 g/mol. The quantitative estimate of drug-likeness (QED) is 0.412. The molecule has 3 saturated heterocycles. The van der Waals surface area contributed by atoms with Crippen LogP contribution >= 0.6 is 0 Å². The number of urea groups is 1. The molecule has 2 aromatic carbocycles. The molecule has 3 amide bonds. The van der Waals surface area contributed by atoms with E-state index in [1.165, 1.54) is 0 Å². The summed E-state index contributed by atoms with van der Waals surface area (Å²) in [5.41, 5.74) is 3.64. The molecule has 0 aliphatic carbocycles. The van der Waals surface area contributed by atoms with Gasteiger partial charge in [-0.3, -0.25) is 4.79 Å². The van der Waals surface area contributed by atoms with Gasteiger partial charge in [-0.15, -0.1) is 0 Å². The number of likely N-dealkylation sites (tertiary alicyclic amines) is 1. The van der Waals surface area contributed by atoms with Gasteiger partial charge in [0.2, 0.25) is 5.95 Å². The number of morpholine rings is 2. The highest BCUT2D eigenvalue weighted by Crippen LogP contribution is 2.27. The largest absolute Gasteiger partial charge is 0.378 e. The highest BCUT2D eigenvalue weighted by Gasteiger charge is 2.25. The second-order valence-electron chi connectivity index (χ2n) is 11.8. The van der Waals surface area contributed by atoms with Crippen LogP contribution in [0.4, 0.5) is 27.9 Å². The normalized spacial score (nSPS) is 17.8. The van der Waals surface area contributed by atoms with E-state index in [1.54, 1.807) is 24.3 Å². The summed E-state index contributed by atoms with van der Waals surface area (Å²) in [7, 11) is 4.17. The van der Waals surface area contributed by atoms with E-state index < -0.39 is 0 Å². The van der Waals surface area contributed by atoms with Crippen molar-refractivity contribution < 1.29 is 19.1 Å². The van der Waals surface area contributed by atoms with Gasteiger partial charge in [0.05, 0.1) is 32.1 Å². The molecule has 4 heterocycles. The first-order valence-corrected chi connectivity index (χ1v) is 15.7. The van der Waals surface area contributed by atoms with Crippen LogP contribution in [0.1, 0.15) is 23.2 Å². The van der Waals surface area contributed by atoms with Crippen LogP contribution in [0, 0.1) is 0 Å². The van der Waals surface area contributed by atoms with Crippen molar-refractivity contribution in [2.24, 2.45) is 0 Å². The van der Waals surface area contributed by atoms with Gasteiger partial charge in [0.25, 0.3) is 5.91 Å². The van der Waals surface area contributed by atoms with E-state index in [2.05, 4.69) is 39.4 Å². The van der Waals surface area contributed by atoms with Crippen LogP contribution in [0.25, 0.3) is 11.3 Å². The lowest BCUT2D eigenvalue weighted by Crippen LogP contribution is -2.44. The molecule has 3 fully saturated rings. The van der Waals surface area contributed by atoms with Gasteiger partial charge in [0.1, 0.15) is 5.82 Å². The minimum absolute atomic E-state index is 0.0288. The maximum atomic E-state index is 13.0. The topological polar surface area (TPSA) is 115 Å². The Hall–Kier alpha value is -4.26. The SMILES string of the molecule is CN(C)C1CCN(C(=O)c2ccc(NC(=O)Nc3ccc(-c4cc(N5CCOCC5)nc(N5CCOCC5)n4)cc3)cc2)CC1. The highest BCUT2D eigenvalue weighted by molar-refractivity contribution is 6.00. The average Bonchev–Trinajstić information content (AvgIpc) is 3.09. The van der Waals surface area contributed by atoms with Gasteiger partial charge >= 0.3 is 6.03 Å². The lowest BCUT2D eigenvalue weighted by molar-refractivity contribution is 0.0663. The van der Waals surface area contributed by atoms with E-state index in [0.29, 0.717) is 55.4 Å². The summed E-state index contributed by atoms with van der Waals surface area (Å²) in [6.07, 6.45) is 1.95. The van der Waals surface area contributed by atoms with Crippen LogP contribution in [0.3, 0.4) is 0 Å². The number of benzene rings is 2. The predicted octanol–water partition coefficient (Wildman–Crippen LogP) is 3.63. The number of carbonyl (C=O) groups is 2. The summed E-state index contributed by atoms with van der Waals surface area (Å²) in [6, 6.07) is 16.9. The lowest BCUT2D eigenvalue weighted by atomic mass is 10.0. The van der Waals surface area contributed by atoms with Crippen LogP contribution in [0.15, 0.2) is 54.6 Å². The molecule has 6 rings (SSSR count). The van der Waals surface area contributed by atoms with Crippen molar-refractivity contribution in [3.05, 3.63) is 60.2 Å². The highest BCUT2D eigenvalue weighted by atomic mass is 16.5. The van der Waals surface area contributed by atoms with E-state index in [0.717, 1.165) is 69.2 Å². The Balaban J connectivity index is 1.07. The second kappa shape index (κ2) is 14.2. The second-order valence-corrected chi connectivity index (χ2v) is 11.8. The van der Waals surface area contributed by atoms with Crippen molar-refractivity contribution in [1.82, 2.24) is 19.8 Å². The van der Waals surface area contributed by atoms with E-state index in [1.807, 2.05) is 35.2 Å². The number of hydrogen-bond donors (Lipinski definition) is 2. The van der Waals surface area contributed by atoms with Crippen molar-refractivity contribution in [2.75, 3.05) is 100 Å². The standard InChI is InChI=1S/C33H42N8O4/c1-38(2)28-11-13-40(14-12-28)31(42)25-5-9-27(10-6-25)35-33(43)34-26-7-3-24(4-8-26)29-23-30(39-15-19-44-20-16-39)37-32(36-29)41-17-21-45-22-18-41/h3-10,23,28H,11-22H2,1-2H3,(H2,34,35,43). The van der Waals surface area contributed by atoms with Gasteiger partial charge in [0.15, 0.2) is 0 Å². The van der Waals surface area contributed by atoms with Gasteiger partial charge in [0, 0.05) is 73.9 Å². The Morgan fingerprint density at radius 1 is 0.756 bits per heavy atom. The third kappa shape index (κ3) is 7.70. The van der Waals surface area contributed by atoms with E-state index in [9.17, 15) is 9.59 Å². The first kappa shape index (κ1) is 30.8. The minimum Gasteiger partial charge on any atom is -0.378 e. The number of nitrogens with zero attached hydrogens (tertiary/aromatic N) is 6. The van der Waals surface area contributed by atoms with Crippen molar-refractivity contribution in [1.29, 1.82) is 0 Å². The first-order chi connectivity index (χ1) is 21.9. The molecule has 3 aromatic rings. The Labute approximate surface area is 264 Å². The fraction of sp³-hybridized carbons (Fsp3) is 0.455. The molecule has 12 heteroatoms.